The van der Waals surface area contributed by atoms with Gasteiger partial charge < -0.3 is 4.74 Å². The van der Waals surface area contributed by atoms with Crippen molar-refractivity contribution in [2.24, 2.45) is 0 Å². The monoisotopic (exact) mass is 252 g/mol. The summed E-state index contributed by atoms with van der Waals surface area (Å²) in [5.41, 5.74) is 1.60. The van der Waals surface area contributed by atoms with Crippen molar-refractivity contribution in [1.29, 1.82) is 0 Å². The number of ether oxygens (including phenoxy) is 1. The molecule has 1 nitrogen and oxygen atoms in total. The van der Waals surface area contributed by atoms with Crippen LogP contribution in [0.15, 0.2) is 18.2 Å². The Balaban J connectivity index is 2.46. The Morgan fingerprint density at radius 3 is 2.53 bits per heavy atom. The van der Waals surface area contributed by atoms with Crippen molar-refractivity contribution >= 4 is 11.6 Å². The van der Waals surface area contributed by atoms with Gasteiger partial charge in [-0.2, -0.15) is 0 Å². The van der Waals surface area contributed by atoms with E-state index in [9.17, 15) is 0 Å². The third-order valence-electron chi connectivity index (χ3n) is 4.23. The second-order valence-electron chi connectivity index (χ2n) is 5.02. The standard InChI is InChI=1S/C15H21ClO/c1-3-15(10-5-4-6-11-15)12-8-7-9-13(16)14(12)17-2/h7-9H,3-6,10-11H2,1-2H3. The molecule has 0 amide bonds. The average molecular weight is 253 g/mol. The van der Waals surface area contributed by atoms with Crippen LogP contribution < -0.4 is 4.74 Å². The van der Waals surface area contributed by atoms with Gasteiger partial charge in [0, 0.05) is 5.56 Å². The first-order valence-electron chi connectivity index (χ1n) is 6.56. The van der Waals surface area contributed by atoms with Crippen molar-refractivity contribution < 1.29 is 4.74 Å². The molecule has 0 heterocycles. The van der Waals surface area contributed by atoms with Crippen molar-refractivity contribution in [3.05, 3.63) is 28.8 Å². The molecular weight excluding hydrogens is 232 g/mol. The summed E-state index contributed by atoms with van der Waals surface area (Å²) in [6.45, 7) is 2.28. The van der Waals surface area contributed by atoms with Gasteiger partial charge in [0.1, 0.15) is 5.75 Å². The van der Waals surface area contributed by atoms with E-state index in [1.165, 1.54) is 44.1 Å². The summed E-state index contributed by atoms with van der Waals surface area (Å²) in [6, 6.07) is 6.15. The van der Waals surface area contributed by atoms with Crippen LogP contribution in [0.3, 0.4) is 0 Å². The second-order valence-corrected chi connectivity index (χ2v) is 5.42. The quantitative estimate of drug-likeness (QED) is 0.739. The average Bonchev–Trinajstić information content (AvgIpc) is 2.39. The highest BCUT2D eigenvalue weighted by Crippen LogP contribution is 2.47. The Bertz CT molecular complexity index is 381. The minimum absolute atomic E-state index is 0.286. The lowest BCUT2D eigenvalue weighted by Gasteiger charge is -2.38. The topological polar surface area (TPSA) is 9.23 Å². The summed E-state index contributed by atoms with van der Waals surface area (Å²) < 4.78 is 5.52. The zero-order valence-electron chi connectivity index (χ0n) is 10.8. The number of methoxy groups -OCH3 is 1. The summed E-state index contributed by atoms with van der Waals surface area (Å²) in [6.07, 6.45) is 7.71. The van der Waals surface area contributed by atoms with Gasteiger partial charge in [-0.3, -0.25) is 0 Å². The molecule has 0 aromatic heterocycles. The minimum Gasteiger partial charge on any atom is -0.495 e. The number of hydrogen-bond donors (Lipinski definition) is 0. The first-order chi connectivity index (χ1) is 8.23. The van der Waals surface area contributed by atoms with Crippen molar-refractivity contribution in [1.82, 2.24) is 0 Å². The van der Waals surface area contributed by atoms with Crippen LogP contribution in [0.4, 0.5) is 0 Å². The van der Waals surface area contributed by atoms with Crippen molar-refractivity contribution in [3.8, 4) is 5.75 Å². The molecule has 0 unspecified atom stereocenters. The first-order valence-corrected chi connectivity index (χ1v) is 6.94. The van der Waals surface area contributed by atoms with Crippen LogP contribution in [0, 0.1) is 0 Å². The summed E-state index contributed by atoms with van der Waals surface area (Å²) in [5.74, 6) is 0.887. The third-order valence-corrected chi connectivity index (χ3v) is 4.53. The number of hydrogen-bond acceptors (Lipinski definition) is 1. The molecule has 0 atom stereocenters. The van der Waals surface area contributed by atoms with E-state index in [2.05, 4.69) is 13.0 Å². The molecule has 2 rings (SSSR count). The summed E-state index contributed by atoms with van der Waals surface area (Å²) in [7, 11) is 1.72. The molecule has 1 saturated carbocycles. The maximum atomic E-state index is 6.24. The Labute approximate surface area is 109 Å². The van der Waals surface area contributed by atoms with Gasteiger partial charge in [-0.25, -0.2) is 0 Å². The Kier molecular flexibility index (Phi) is 3.98. The zero-order chi connectivity index (χ0) is 12.3. The molecule has 0 spiro atoms. The van der Waals surface area contributed by atoms with E-state index in [4.69, 9.17) is 16.3 Å². The van der Waals surface area contributed by atoms with Crippen LogP contribution >= 0.6 is 11.6 Å². The SMILES string of the molecule is CCC1(c2cccc(Cl)c2OC)CCCCC1. The molecule has 1 aliphatic rings. The van der Waals surface area contributed by atoms with Gasteiger partial charge in [0.2, 0.25) is 0 Å². The van der Waals surface area contributed by atoms with Crippen LogP contribution in [-0.2, 0) is 5.41 Å². The number of rotatable bonds is 3. The largest absolute Gasteiger partial charge is 0.495 e. The molecule has 0 bridgehead atoms. The highest BCUT2D eigenvalue weighted by atomic mass is 35.5. The van der Waals surface area contributed by atoms with E-state index in [0.717, 1.165) is 10.8 Å². The van der Waals surface area contributed by atoms with Crippen molar-refractivity contribution in [3.63, 3.8) is 0 Å². The molecule has 1 aromatic carbocycles. The zero-order valence-corrected chi connectivity index (χ0v) is 11.5. The van der Waals surface area contributed by atoms with Crippen LogP contribution in [0.1, 0.15) is 51.0 Å². The fraction of sp³-hybridized carbons (Fsp3) is 0.600. The van der Waals surface area contributed by atoms with Gasteiger partial charge in [0.15, 0.2) is 0 Å². The highest BCUT2D eigenvalue weighted by Gasteiger charge is 2.34. The molecule has 0 radical (unpaired) electrons. The van der Waals surface area contributed by atoms with Gasteiger partial charge in [0.25, 0.3) is 0 Å². The van der Waals surface area contributed by atoms with Gasteiger partial charge in [-0.15, -0.1) is 0 Å². The molecule has 0 N–H and O–H groups in total. The summed E-state index contributed by atoms with van der Waals surface area (Å²) in [5, 5.41) is 0.739. The predicted molar refractivity (Wildman–Crippen MR) is 73.1 cm³/mol. The normalized spacial score (nSPS) is 19.0. The van der Waals surface area contributed by atoms with Crippen LogP contribution in [0.2, 0.25) is 5.02 Å². The van der Waals surface area contributed by atoms with Crippen LogP contribution in [-0.4, -0.2) is 7.11 Å². The van der Waals surface area contributed by atoms with Gasteiger partial charge in [0.05, 0.1) is 12.1 Å². The molecule has 1 aliphatic carbocycles. The molecule has 1 fully saturated rings. The Morgan fingerprint density at radius 2 is 1.94 bits per heavy atom. The Hall–Kier alpha value is -0.690. The number of halogens is 1. The molecule has 17 heavy (non-hydrogen) atoms. The maximum Gasteiger partial charge on any atom is 0.141 e. The maximum absolute atomic E-state index is 6.24. The van der Waals surface area contributed by atoms with Crippen molar-refractivity contribution in [2.45, 2.75) is 50.9 Å². The fourth-order valence-electron chi connectivity index (χ4n) is 3.18. The third kappa shape index (κ3) is 2.30. The minimum atomic E-state index is 0.286. The van der Waals surface area contributed by atoms with E-state index in [0.29, 0.717) is 0 Å². The highest BCUT2D eigenvalue weighted by molar-refractivity contribution is 6.32. The van der Waals surface area contributed by atoms with Crippen LogP contribution in [0.25, 0.3) is 0 Å². The van der Waals surface area contributed by atoms with E-state index in [-0.39, 0.29) is 5.41 Å². The van der Waals surface area contributed by atoms with Gasteiger partial charge in [-0.1, -0.05) is 49.9 Å². The van der Waals surface area contributed by atoms with E-state index < -0.39 is 0 Å². The lowest BCUT2D eigenvalue weighted by molar-refractivity contribution is 0.272. The van der Waals surface area contributed by atoms with E-state index >= 15 is 0 Å². The van der Waals surface area contributed by atoms with Gasteiger partial charge >= 0.3 is 0 Å². The lowest BCUT2D eigenvalue weighted by Crippen LogP contribution is -2.28. The smallest absolute Gasteiger partial charge is 0.141 e. The van der Waals surface area contributed by atoms with Gasteiger partial charge in [-0.05, 0) is 30.7 Å². The fourth-order valence-corrected chi connectivity index (χ4v) is 3.43. The van der Waals surface area contributed by atoms with Crippen molar-refractivity contribution in [2.75, 3.05) is 7.11 Å². The summed E-state index contributed by atoms with van der Waals surface area (Å²) >= 11 is 6.24. The Morgan fingerprint density at radius 1 is 1.24 bits per heavy atom. The molecule has 2 heteroatoms. The first kappa shape index (κ1) is 12.8. The molecule has 0 aliphatic heterocycles. The molecular formula is C15H21ClO. The lowest BCUT2D eigenvalue weighted by atomic mass is 9.67. The molecule has 94 valence electrons. The van der Waals surface area contributed by atoms with Crippen LogP contribution in [0.5, 0.6) is 5.75 Å². The molecule has 0 saturated heterocycles. The number of para-hydroxylation sites is 1. The molecule has 1 aromatic rings. The number of benzene rings is 1. The predicted octanol–water partition coefficient (Wildman–Crippen LogP) is 4.96. The second kappa shape index (κ2) is 5.30. The summed E-state index contributed by atoms with van der Waals surface area (Å²) in [4.78, 5) is 0. The van der Waals surface area contributed by atoms with E-state index in [1.54, 1.807) is 7.11 Å². The van der Waals surface area contributed by atoms with E-state index in [1.807, 2.05) is 12.1 Å².